The largest absolute Gasteiger partial charge is 0.481 e. The normalized spacial score (nSPS) is 20.6. The van der Waals surface area contributed by atoms with Gasteiger partial charge in [0.15, 0.2) is 0 Å². The van der Waals surface area contributed by atoms with Gasteiger partial charge in [-0.2, -0.15) is 0 Å². The lowest BCUT2D eigenvalue weighted by Gasteiger charge is -2.32. The number of carboxylic acid groups (broad SMARTS) is 1. The molecule has 0 aromatic carbocycles. The van der Waals surface area contributed by atoms with Crippen molar-refractivity contribution in [3.05, 3.63) is 0 Å². The molecule has 1 aliphatic rings. The van der Waals surface area contributed by atoms with Crippen LogP contribution < -0.4 is 10.6 Å². The summed E-state index contributed by atoms with van der Waals surface area (Å²) in [7, 11) is 0. The molecule has 0 aromatic heterocycles. The summed E-state index contributed by atoms with van der Waals surface area (Å²) in [4.78, 5) is 36.4. The molecular formula is C14H25N3O4. The molecule has 2 atom stereocenters. The molecule has 0 saturated carbocycles. The van der Waals surface area contributed by atoms with Crippen molar-refractivity contribution in [2.24, 2.45) is 5.92 Å². The maximum Gasteiger partial charge on any atom is 0.318 e. The topological polar surface area (TPSA) is 98.7 Å². The second-order valence-electron chi connectivity index (χ2n) is 6.53. The van der Waals surface area contributed by atoms with Crippen molar-refractivity contribution in [3.63, 3.8) is 0 Å². The van der Waals surface area contributed by atoms with E-state index in [1.54, 1.807) is 6.92 Å². The number of carbonyl (C=O) groups is 3. The van der Waals surface area contributed by atoms with Gasteiger partial charge in [0.2, 0.25) is 5.91 Å². The summed E-state index contributed by atoms with van der Waals surface area (Å²) in [5.41, 5.74) is -0.365. The number of aliphatic carboxylic acids is 1. The Balaban J connectivity index is 2.52. The van der Waals surface area contributed by atoms with Gasteiger partial charge in [0.1, 0.15) is 6.04 Å². The fraction of sp³-hybridized carbons (Fsp3) is 0.786. The second-order valence-corrected chi connectivity index (χ2v) is 6.53. The van der Waals surface area contributed by atoms with Crippen molar-refractivity contribution in [2.45, 2.75) is 52.1 Å². The van der Waals surface area contributed by atoms with E-state index in [4.69, 9.17) is 5.11 Å². The van der Waals surface area contributed by atoms with Gasteiger partial charge in [-0.3, -0.25) is 9.59 Å². The van der Waals surface area contributed by atoms with E-state index in [2.05, 4.69) is 10.6 Å². The van der Waals surface area contributed by atoms with Gasteiger partial charge in [-0.15, -0.1) is 0 Å². The van der Waals surface area contributed by atoms with Crippen LogP contribution in [-0.2, 0) is 9.59 Å². The number of carboxylic acids is 1. The number of amides is 3. The van der Waals surface area contributed by atoms with E-state index in [-0.39, 0.29) is 18.0 Å². The summed E-state index contributed by atoms with van der Waals surface area (Å²) in [6, 6.07) is -1.06. The molecule has 1 saturated heterocycles. The van der Waals surface area contributed by atoms with Gasteiger partial charge in [-0.1, -0.05) is 0 Å². The predicted octanol–water partition coefficient (Wildman–Crippen LogP) is 0.796. The fourth-order valence-electron chi connectivity index (χ4n) is 2.18. The van der Waals surface area contributed by atoms with Crippen LogP contribution in [0, 0.1) is 5.92 Å². The average Bonchev–Trinajstić information content (AvgIpc) is 2.36. The van der Waals surface area contributed by atoms with Crippen LogP contribution in [0.4, 0.5) is 4.79 Å². The number of nitrogens with one attached hydrogen (secondary N) is 2. The number of nitrogens with zero attached hydrogens (tertiary/aromatic N) is 1. The lowest BCUT2D eigenvalue weighted by atomic mass is 9.99. The first kappa shape index (κ1) is 17.3. The van der Waals surface area contributed by atoms with Gasteiger partial charge in [0.05, 0.1) is 5.92 Å². The van der Waals surface area contributed by atoms with Crippen LogP contribution in [0.3, 0.4) is 0 Å². The molecule has 21 heavy (non-hydrogen) atoms. The molecule has 7 nitrogen and oxygen atoms in total. The van der Waals surface area contributed by atoms with E-state index in [9.17, 15) is 14.4 Å². The van der Waals surface area contributed by atoms with Crippen LogP contribution in [-0.4, -0.2) is 52.6 Å². The maximum absolute atomic E-state index is 12.1. The zero-order valence-electron chi connectivity index (χ0n) is 13.1. The number of urea groups is 1. The molecule has 1 rings (SSSR count). The summed E-state index contributed by atoms with van der Waals surface area (Å²) in [5.74, 6) is -1.67. The summed E-state index contributed by atoms with van der Waals surface area (Å²) in [6.45, 7) is 7.90. The van der Waals surface area contributed by atoms with Crippen molar-refractivity contribution in [3.8, 4) is 0 Å². The minimum atomic E-state index is -0.883. The van der Waals surface area contributed by atoms with Crippen molar-refractivity contribution in [1.29, 1.82) is 0 Å². The molecule has 7 heteroatoms. The fourth-order valence-corrected chi connectivity index (χ4v) is 2.18. The minimum Gasteiger partial charge on any atom is -0.481 e. The number of rotatable bonds is 3. The molecule has 1 fully saturated rings. The highest BCUT2D eigenvalue weighted by Crippen LogP contribution is 2.16. The number of carbonyl (C=O) groups excluding carboxylic acids is 2. The number of hydrogen-bond donors (Lipinski definition) is 3. The molecule has 0 spiro atoms. The number of piperidine rings is 1. The third kappa shape index (κ3) is 5.61. The van der Waals surface area contributed by atoms with Crippen LogP contribution in [0.1, 0.15) is 40.5 Å². The molecule has 0 bridgehead atoms. The molecule has 1 heterocycles. The van der Waals surface area contributed by atoms with Crippen LogP contribution in [0.5, 0.6) is 0 Å². The molecule has 3 amide bonds. The zero-order valence-corrected chi connectivity index (χ0v) is 13.1. The van der Waals surface area contributed by atoms with Gasteiger partial charge < -0.3 is 20.6 Å². The van der Waals surface area contributed by atoms with E-state index >= 15 is 0 Å². The summed E-state index contributed by atoms with van der Waals surface area (Å²) >= 11 is 0. The third-order valence-electron chi connectivity index (χ3n) is 3.29. The van der Waals surface area contributed by atoms with Crippen LogP contribution in [0.2, 0.25) is 0 Å². The Kier molecular flexibility index (Phi) is 5.57. The first-order chi connectivity index (χ1) is 9.60. The molecule has 0 aromatic rings. The quantitative estimate of drug-likeness (QED) is 0.717. The van der Waals surface area contributed by atoms with E-state index in [0.717, 1.165) is 0 Å². The summed E-state index contributed by atoms with van der Waals surface area (Å²) in [6.07, 6.45) is 1.24. The molecule has 3 N–H and O–H groups in total. The first-order valence-corrected chi connectivity index (χ1v) is 7.20. The molecular weight excluding hydrogens is 274 g/mol. The van der Waals surface area contributed by atoms with Crippen LogP contribution >= 0.6 is 0 Å². The van der Waals surface area contributed by atoms with E-state index in [0.29, 0.717) is 19.4 Å². The molecule has 120 valence electrons. The highest BCUT2D eigenvalue weighted by atomic mass is 16.4. The Hall–Kier alpha value is -1.79. The standard InChI is InChI=1S/C14H25N3O4/c1-9(11(18)16-14(2,3)4)15-13(21)17-7-5-6-10(8-17)12(19)20/h9-10H,5-8H2,1-4H3,(H,15,21)(H,16,18)(H,19,20)/t9?,10-/m0/s1. The van der Waals surface area contributed by atoms with E-state index in [1.165, 1.54) is 4.90 Å². The average molecular weight is 299 g/mol. The third-order valence-corrected chi connectivity index (χ3v) is 3.29. The molecule has 0 aliphatic carbocycles. The van der Waals surface area contributed by atoms with Crippen molar-refractivity contribution in [1.82, 2.24) is 15.5 Å². The van der Waals surface area contributed by atoms with Gasteiger partial charge in [-0.05, 0) is 40.5 Å². The SMILES string of the molecule is CC(NC(=O)N1CCC[C@H](C(=O)O)C1)C(=O)NC(C)(C)C. The van der Waals surface area contributed by atoms with Crippen molar-refractivity contribution >= 4 is 17.9 Å². The van der Waals surface area contributed by atoms with Gasteiger partial charge in [-0.25, -0.2) is 4.79 Å². The summed E-state index contributed by atoms with van der Waals surface area (Å²) in [5, 5.41) is 14.4. The predicted molar refractivity (Wildman–Crippen MR) is 77.8 cm³/mol. The molecule has 1 aliphatic heterocycles. The van der Waals surface area contributed by atoms with E-state index < -0.39 is 24.0 Å². The van der Waals surface area contributed by atoms with Gasteiger partial charge in [0.25, 0.3) is 0 Å². The zero-order chi connectivity index (χ0) is 16.2. The van der Waals surface area contributed by atoms with Gasteiger partial charge in [0, 0.05) is 18.6 Å². The number of hydrogen-bond acceptors (Lipinski definition) is 3. The van der Waals surface area contributed by atoms with Crippen molar-refractivity contribution < 1.29 is 19.5 Å². The Labute approximate surface area is 125 Å². The first-order valence-electron chi connectivity index (χ1n) is 7.20. The Bertz CT molecular complexity index is 417. The Morgan fingerprint density at radius 1 is 1.29 bits per heavy atom. The van der Waals surface area contributed by atoms with E-state index in [1.807, 2.05) is 20.8 Å². The smallest absolute Gasteiger partial charge is 0.318 e. The highest BCUT2D eigenvalue weighted by Gasteiger charge is 2.29. The molecule has 0 radical (unpaired) electrons. The second kappa shape index (κ2) is 6.78. The van der Waals surface area contributed by atoms with Gasteiger partial charge >= 0.3 is 12.0 Å². The monoisotopic (exact) mass is 299 g/mol. The molecule has 1 unspecified atom stereocenters. The highest BCUT2D eigenvalue weighted by molar-refractivity contribution is 5.87. The summed E-state index contributed by atoms with van der Waals surface area (Å²) < 4.78 is 0. The van der Waals surface area contributed by atoms with Crippen LogP contribution in [0.25, 0.3) is 0 Å². The minimum absolute atomic E-state index is 0.189. The lowest BCUT2D eigenvalue weighted by molar-refractivity contribution is -0.143. The Morgan fingerprint density at radius 2 is 1.90 bits per heavy atom. The number of likely N-dealkylation sites (tertiary alicyclic amines) is 1. The van der Waals surface area contributed by atoms with Crippen LogP contribution in [0.15, 0.2) is 0 Å². The van der Waals surface area contributed by atoms with Crippen molar-refractivity contribution in [2.75, 3.05) is 13.1 Å². The lowest BCUT2D eigenvalue weighted by Crippen LogP contribution is -2.55. The Morgan fingerprint density at radius 3 is 2.43 bits per heavy atom. The maximum atomic E-state index is 12.1.